The maximum absolute atomic E-state index is 12.8. The van der Waals surface area contributed by atoms with Crippen LogP contribution in [0.15, 0.2) is 24.3 Å². The Bertz CT molecular complexity index is 556. The van der Waals surface area contributed by atoms with Gasteiger partial charge in [-0.15, -0.1) is 16.7 Å². The van der Waals surface area contributed by atoms with E-state index in [9.17, 15) is 9.18 Å². The van der Waals surface area contributed by atoms with E-state index in [4.69, 9.17) is 11.6 Å². The van der Waals surface area contributed by atoms with E-state index < -0.39 is 0 Å². The molecule has 0 aliphatic heterocycles. The molecule has 19 heavy (non-hydrogen) atoms. The van der Waals surface area contributed by atoms with Crippen LogP contribution in [0.3, 0.4) is 0 Å². The maximum Gasteiger partial charge on any atom is 0.221 e. The SMILES string of the molecule is O=C(CCCl)NCc1nnnn1-c1ccc(F)cc1. The number of halogens is 2. The largest absolute Gasteiger partial charge is 0.349 e. The molecule has 0 bridgehead atoms. The van der Waals surface area contributed by atoms with Gasteiger partial charge in [0.2, 0.25) is 5.91 Å². The summed E-state index contributed by atoms with van der Waals surface area (Å²) >= 11 is 5.46. The van der Waals surface area contributed by atoms with E-state index in [1.165, 1.54) is 16.8 Å². The van der Waals surface area contributed by atoms with Crippen molar-refractivity contribution in [3.8, 4) is 5.69 Å². The number of carbonyl (C=O) groups excluding carboxylic acids is 1. The zero-order valence-corrected chi connectivity index (χ0v) is 10.6. The third-order valence-corrected chi connectivity index (χ3v) is 2.56. The lowest BCUT2D eigenvalue weighted by molar-refractivity contribution is -0.120. The summed E-state index contributed by atoms with van der Waals surface area (Å²) in [5.74, 6) is 0.196. The monoisotopic (exact) mass is 283 g/mol. The van der Waals surface area contributed by atoms with Crippen molar-refractivity contribution in [1.82, 2.24) is 25.5 Å². The molecule has 0 radical (unpaired) electrons. The van der Waals surface area contributed by atoms with Gasteiger partial charge in [-0.25, -0.2) is 4.39 Å². The van der Waals surface area contributed by atoms with Crippen molar-refractivity contribution >= 4 is 17.5 Å². The van der Waals surface area contributed by atoms with Gasteiger partial charge in [0, 0.05) is 12.3 Å². The number of aromatic nitrogens is 4. The Morgan fingerprint density at radius 3 is 2.79 bits per heavy atom. The molecular formula is C11H11ClFN5O. The lowest BCUT2D eigenvalue weighted by atomic mass is 10.3. The van der Waals surface area contributed by atoms with Crippen molar-refractivity contribution in [1.29, 1.82) is 0 Å². The average Bonchev–Trinajstić information content (AvgIpc) is 2.86. The van der Waals surface area contributed by atoms with Gasteiger partial charge in [0.15, 0.2) is 5.82 Å². The van der Waals surface area contributed by atoms with E-state index in [0.717, 1.165) is 0 Å². The second kappa shape index (κ2) is 6.24. The Morgan fingerprint density at radius 1 is 1.37 bits per heavy atom. The van der Waals surface area contributed by atoms with E-state index >= 15 is 0 Å². The predicted octanol–water partition coefficient (Wildman–Crippen LogP) is 1.05. The summed E-state index contributed by atoms with van der Waals surface area (Å²) in [6, 6.07) is 5.73. The summed E-state index contributed by atoms with van der Waals surface area (Å²) in [6.07, 6.45) is 0.236. The third-order valence-electron chi connectivity index (χ3n) is 2.37. The molecule has 1 heterocycles. The molecule has 6 nitrogen and oxygen atoms in total. The minimum atomic E-state index is -0.339. The van der Waals surface area contributed by atoms with Crippen LogP contribution in [0, 0.1) is 5.82 Å². The molecule has 2 aromatic rings. The van der Waals surface area contributed by atoms with Crippen LogP contribution < -0.4 is 5.32 Å². The number of nitrogens with zero attached hydrogens (tertiary/aromatic N) is 4. The summed E-state index contributed by atoms with van der Waals surface area (Å²) in [6.45, 7) is 0.181. The highest BCUT2D eigenvalue weighted by Gasteiger charge is 2.09. The van der Waals surface area contributed by atoms with Crippen LogP contribution >= 0.6 is 11.6 Å². The molecule has 0 spiro atoms. The van der Waals surface area contributed by atoms with Gasteiger partial charge in [0.05, 0.1) is 12.2 Å². The fourth-order valence-electron chi connectivity index (χ4n) is 1.45. The fourth-order valence-corrected chi connectivity index (χ4v) is 1.62. The topological polar surface area (TPSA) is 72.7 Å². The van der Waals surface area contributed by atoms with Crippen LogP contribution in [-0.2, 0) is 11.3 Å². The van der Waals surface area contributed by atoms with Crippen LogP contribution in [0.5, 0.6) is 0 Å². The highest BCUT2D eigenvalue weighted by atomic mass is 35.5. The number of carbonyl (C=O) groups is 1. The summed E-state index contributed by atoms with van der Waals surface area (Å²) < 4.78 is 14.3. The zero-order chi connectivity index (χ0) is 13.7. The van der Waals surface area contributed by atoms with Crippen molar-refractivity contribution in [3.05, 3.63) is 35.9 Å². The molecule has 8 heteroatoms. The summed E-state index contributed by atoms with van der Waals surface area (Å²) in [5, 5.41) is 13.8. The fraction of sp³-hybridized carbons (Fsp3) is 0.273. The second-order valence-corrected chi connectivity index (χ2v) is 4.08. The normalized spacial score (nSPS) is 10.4. The number of rotatable bonds is 5. The van der Waals surface area contributed by atoms with Crippen LogP contribution in [0.25, 0.3) is 5.69 Å². The Hall–Kier alpha value is -2.02. The number of hydrogen-bond donors (Lipinski definition) is 1. The first-order valence-electron chi connectivity index (χ1n) is 5.56. The van der Waals surface area contributed by atoms with Crippen molar-refractivity contribution < 1.29 is 9.18 Å². The van der Waals surface area contributed by atoms with Gasteiger partial charge >= 0.3 is 0 Å². The second-order valence-electron chi connectivity index (χ2n) is 3.70. The molecule has 0 saturated heterocycles. The number of hydrogen-bond acceptors (Lipinski definition) is 4. The van der Waals surface area contributed by atoms with Gasteiger partial charge in [0.25, 0.3) is 0 Å². The van der Waals surface area contributed by atoms with Crippen molar-refractivity contribution in [2.45, 2.75) is 13.0 Å². The first-order chi connectivity index (χ1) is 9.20. The molecule has 100 valence electrons. The van der Waals surface area contributed by atoms with Crippen LogP contribution in [0.1, 0.15) is 12.2 Å². The Labute approximate surface area is 113 Å². The highest BCUT2D eigenvalue weighted by Crippen LogP contribution is 2.08. The minimum Gasteiger partial charge on any atom is -0.349 e. The average molecular weight is 284 g/mol. The van der Waals surface area contributed by atoms with E-state index in [-0.39, 0.29) is 30.6 Å². The van der Waals surface area contributed by atoms with Gasteiger partial charge in [-0.2, -0.15) is 4.68 Å². The quantitative estimate of drug-likeness (QED) is 0.833. The number of tetrazole rings is 1. The van der Waals surface area contributed by atoms with Crippen LogP contribution in [0.4, 0.5) is 4.39 Å². The molecule has 0 unspecified atom stereocenters. The third kappa shape index (κ3) is 3.47. The van der Waals surface area contributed by atoms with E-state index in [0.29, 0.717) is 11.5 Å². The Balaban J connectivity index is 2.09. The van der Waals surface area contributed by atoms with E-state index in [1.54, 1.807) is 12.1 Å². The molecule has 1 amide bonds. The van der Waals surface area contributed by atoms with Gasteiger partial charge in [-0.05, 0) is 34.7 Å². The molecule has 1 aromatic heterocycles. The maximum atomic E-state index is 12.8. The predicted molar refractivity (Wildman–Crippen MR) is 66.3 cm³/mol. The number of benzene rings is 1. The molecule has 0 saturated carbocycles. The Kier molecular flexibility index (Phi) is 4.40. The zero-order valence-electron chi connectivity index (χ0n) is 9.88. The Morgan fingerprint density at radius 2 is 2.11 bits per heavy atom. The molecule has 0 aliphatic rings. The highest BCUT2D eigenvalue weighted by molar-refractivity contribution is 6.18. The van der Waals surface area contributed by atoms with Gasteiger partial charge < -0.3 is 5.32 Å². The molecule has 0 aliphatic carbocycles. The van der Waals surface area contributed by atoms with Crippen molar-refractivity contribution in [2.75, 3.05) is 5.88 Å². The number of alkyl halides is 1. The molecular weight excluding hydrogens is 273 g/mol. The smallest absolute Gasteiger partial charge is 0.221 e. The molecule has 1 aromatic carbocycles. The molecule has 2 rings (SSSR count). The summed E-state index contributed by atoms with van der Waals surface area (Å²) in [7, 11) is 0. The van der Waals surface area contributed by atoms with Gasteiger partial charge in [-0.3, -0.25) is 4.79 Å². The first kappa shape index (κ1) is 13.4. The standard InChI is InChI=1S/C11H11ClFN5O/c12-6-5-11(19)14-7-10-15-16-17-18(10)9-3-1-8(13)2-4-9/h1-4H,5-7H2,(H,14,19). The lowest BCUT2D eigenvalue weighted by Crippen LogP contribution is -2.24. The number of amides is 1. The summed E-state index contributed by atoms with van der Waals surface area (Å²) in [4.78, 5) is 11.3. The van der Waals surface area contributed by atoms with Crippen molar-refractivity contribution in [2.24, 2.45) is 0 Å². The molecule has 0 atom stereocenters. The van der Waals surface area contributed by atoms with Crippen LogP contribution in [0.2, 0.25) is 0 Å². The minimum absolute atomic E-state index is 0.177. The lowest BCUT2D eigenvalue weighted by Gasteiger charge is -2.05. The van der Waals surface area contributed by atoms with E-state index in [1.807, 2.05) is 0 Å². The number of nitrogens with one attached hydrogen (secondary N) is 1. The molecule has 1 N–H and O–H groups in total. The van der Waals surface area contributed by atoms with E-state index in [2.05, 4.69) is 20.8 Å². The van der Waals surface area contributed by atoms with Crippen molar-refractivity contribution in [3.63, 3.8) is 0 Å². The van der Waals surface area contributed by atoms with Gasteiger partial charge in [-0.1, -0.05) is 0 Å². The molecule has 0 fully saturated rings. The first-order valence-corrected chi connectivity index (χ1v) is 6.10. The van der Waals surface area contributed by atoms with Crippen LogP contribution in [-0.4, -0.2) is 32.0 Å². The summed E-state index contributed by atoms with van der Waals surface area (Å²) in [5.41, 5.74) is 0.619. The van der Waals surface area contributed by atoms with Gasteiger partial charge in [0.1, 0.15) is 5.82 Å².